The summed E-state index contributed by atoms with van der Waals surface area (Å²) in [4.78, 5) is 12.3. The van der Waals surface area contributed by atoms with Crippen LogP contribution in [0.25, 0.3) is 10.2 Å². The van der Waals surface area contributed by atoms with Crippen molar-refractivity contribution in [3.63, 3.8) is 0 Å². The number of hydrogen-bond donors (Lipinski definition) is 3. The molecule has 1 saturated heterocycles. The zero-order valence-corrected chi connectivity index (χ0v) is 12.2. The Bertz CT molecular complexity index is 601. The first-order chi connectivity index (χ1) is 9.67. The molecule has 1 aliphatic heterocycles. The quantitative estimate of drug-likeness (QED) is 0.582. The number of aliphatic hydroxyl groups is 1. The van der Waals surface area contributed by atoms with Gasteiger partial charge in [-0.05, 0) is 23.8 Å². The Kier molecular flexibility index (Phi) is 3.84. The van der Waals surface area contributed by atoms with Crippen LogP contribution in [0, 0.1) is 5.92 Å². The van der Waals surface area contributed by atoms with E-state index >= 15 is 0 Å². The van der Waals surface area contributed by atoms with Crippen LogP contribution >= 0.6 is 11.3 Å². The van der Waals surface area contributed by atoms with Crippen LogP contribution in [0.3, 0.4) is 0 Å². The summed E-state index contributed by atoms with van der Waals surface area (Å²) >= 11 is 1.59. The molecule has 2 aromatic heterocycles. The first-order valence-electron chi connectivity index (χ1n) is 6.78. The van der Waals surface area contributed by atoms with Gasteiger partial charge in [0.2, 0.25) is 0 Å². The second-order valence-electron chi connectivity index (χ2n) is 5.34. The van der Waals surface area contributed by atoms with Crippen LogP contribution in [0.15, 0.2) is 11.4 Å². The van der Waals surface area contributed by atoms with E-state index in [4.69, 9.17) is 5.84 Å². The van der Waals surface area contributed by atoms with Crippen LogP contribution < -0.4 is 11.3 Å². The Morgan fingerprint density at radius 2 is 2.40 bits per heavy atom. The van der Waals surface area contributed by atoms with Gasteiger partial charge in [0.1, 0.15) is 10.7 Å². The number of aromatic nitrogens is 2. The normalized spacial score (nSPS) is 24.1. The van der Waals surface area contributed by atoms with Crippen molar-refractivity contribution >= 4 is 27.4 Å². The van der Waals surface area contributed by atoms with Crippen molar-refractivity contribution in [3.05, 3.63) is 17.3 Å². The third kappa shape index (κ3) is 2.62. The molecular weight excluding hydrogens is 274 g/mol. The fourth-order valence-corrected chi connectivity index (χ4v) is 3.43. The van der Waals surface area contributed by atoms with Crippen LogP contribution in [0.5, 0.6) is 0 Å². The van der Waals surface area contributed by atoms with Crippen molar-refractivity contribution in [1.29, 1.82) is 0 Å². The maximum atomic E-state index is 9.77. The number of hydrazine groups is 1. The van der Waals surface area contributed by atoms with E-state index in [1.165, 1.54) is 0 Å². The standard InChI is InChI=1S/C13H19N5OS/c1-8-6-18(4-2-10(8)19)7-11-15-12(17-14)9-3-5-20-13(9)16-11/h3,5,8,10,19H,2,4,6-7,14H2,1H3,(H,15,16,17). The lowest BCUT2D eigenvalue weighted by Gasteiger charge is -2.33. The van der Waals surface area contributed by atoms with Gasteiger partial charge in [0.15, 0.2) is 5.82 Å². The van der Waals surface area contributed by atoms with Crippen molar-refractivity contribution in [2.45, 2.75) is 26.0 Å². The zero-order chi connectivity index (χ0) is 14.1. The maximum absolute atomic E-state index is 9.77. The molecule has 6 nitrogen and oxygen atoms in total. The number of nitrogen functional groups attached to an aromatic ring is 1. The largest absolute Gasteiger partial charge is 0.393 e. The minimum atomic E-state index is -0.187. The third-order valence-electron chi connectivity index (χ3n) is 3.82. The smallest absolute Gasteiger partial charge is 0.152 e. The predicted molar refractivity (Wildman–Crippen MR) is 80.3 cm³/mol. The Balaban J connectivity index is 1.80. The van der Waals surface area contributed by atoms with Gasteiger partial charge in [-0.2, -0.15) is 0 Å². The minimum Gasteiger partial charge on any atom is -0.393 e. The molecule has 0 aromatic carbocycles. The number of likely N-dealkylation sites (tertiary alicyclic amines) is 1. The minimum absolute atomic E-state index is 0.187. The predicted octanol–water partition coefficient (Wildman–Crippen LogP) is 1.18. The highest BCUT2D eigenvalue weighted by molar-refractivity contribution is 7.16. The number of thiophene rings is 1. The van der Waals surface area contributed by atoms with E-state index in [1.807, 2.05) is 11.4 Å². The van der Waals surface area contributed by atoms with E-state index in [-0.39, 0.29) is 6.10 Å². The lowest BCUT2D eigenvalue weighted by atomic mass is 9.97. The number of anilines is 1. The number of rotatable bonds is 3. The molecule has 0 spiro atoms. The number of fused-ring (bicyclic) bond motifs is 1. The van der Waals surface area contributed by atoms with Crippen LogP contribution in [0.1, 0.15) is 19.2 Å². The van der Waals surface area contributed by atoms with Crippen molar-refractivity contribution in [3.8, 4) is 0 Å². The number of aliphatic hydroxyl groups excluding tert-OH is 1. The fourth-order valence-electron chi connectivity index (χ4n) is 2.64. The maximum Gasteiger partial charge on any atom is 0.152 e. The number of nitrogens with two attached hydrogens (primary N) is 1. The molecular formula is C13H19N5OS. The van der Waals surface area contributed by atoms with Crippen LogP contribution in [-0.2, 0) is 6.54 Å². The monoisotopic (exact) mass is 293 g/mol. The van der Waals surface area contributed by atoms with Gasteiger partial charge < -0.3 is 10.5 Å². The van der Waals surface area contributed by atoms with Crippen LogP contribution in [0.2, 0.25) is 0 Å². The van der Waals surface area contributed by atoms with E-state index in [1.54, 1.807) is 11.3 Å². The van der Waals surface area contributed by atoms with Crippen LogP contribution in [-0.4, -0.2) is 39.2 Å². The van der Waals surface area contributed by atoms with Gasteiger partial charge in [-0.3, -0.25) is 4.90 Å². The third-order valence-corrected chi connectivity index (χ3v) is 4.62. The highest BCUT2D eigenvalue weighted by Crippen LogP contribution is 2.25. The Morgan fingerprint density at radius 3 is 3.15 bits per heavy atom. The number of hydrogen-bond acceptors (Lipinski definition) is 7. The second kappa shape index (κ2) is 5.61. The summed E-state index contributed by atoms with van der Waals surface area (Å²) in [5.41, 5.74) is 2.65. The van der Waals surface area contributed by atoms with Crippen molar-refractivity contribution < 1.29 is 5.11 Å². The molecule has 4 N–H and O–H groups in total. The summed E-state index contributed by atoms with van der Waals surface area (Å²) in [7, 11) is 0. The molecule has 0 aliphatic carbocycles. The summed E-state index contributed by atoms with van der Waals surface area (Å²) in [5, 5.41) is 12.7. The molecule has 2 aromatic rings. The van der Waals surface area contributed by atoms with Crippen molar-refractivity contribution in [2.24, 2.45) is 11.8 Å². The highest BCUT2D eigenvalue weighted by atomic mass is 32.1. The van der Waals surface area contributed by atoms with Gasteiger partial charge >= 0.3 is 0 Å². The number of nitrogens with one attached hydrogen (secondary N) is 1. The van der Waals surface area contributed by atoms with Gasteiger partial charge in [-0.15, -0.1) is 11.3 Å². The summed E-state index contributed by atoms with van der Waals surface area (Å²) in [5.74, 6) is 7.28. The average molecular weight is 293 g/mol. The van der Waals surface area contributed by atoms with Crippen LogP contribution in [0.4, 0.5) is 5.82 Å². The van der Waals surface area contributed by atoms with Gasteiger partial charge in [-0.25, -0.2) is 15.8 Å². The molecule has 0 bridgehead atoms. The Morgan fingerprint density at radius 1 is 1.55 bits per heavy atom. The molecule has 2 unspecified atom stereocenters. The van der Waals surface area contributed by atoms with Gasteiger partial charge in [0, 0.05) is 13.1 Å². The first-order valence-corrected chi connectivity index (χ1v) is 7.66. The van der Waals surface area contributed by atoms with E-state index < -0.39 is 0 Å². The molecule has 7 heteroatoms. The fraction of sp³-hybridized carbons (Fsp3) is 0.538. The molecule has 1 aliphatic rings. The molecule has 108 valence electrons. The van der Waals surface area contributed by atoms with Gasteiger partial charge in [0.05, 0.1) is 18.0 Å². The molecule has 0 amide bonds. The van der Waals surface area contributed by atoms with Gasteiger partial charge in [0.25, 0.3) is 0 Å². The molecule has 2 atom stereocenters. The van der Waals surface area contributed by atoms with Crippen molar-refractivity contribution in [2.75, 3.05) is 18.5 Å². The highest BCUT2D eigenvalue weighted by Gasteiger charge is 2.24. The Labute approximate surface area is 121 Å². The zero-order valence-electron chi connectivity index (χ0n) is 11.4. The first kappa shape index (κ1) is 13.7. The second-order valence-corrected chi connectivity index (χ2v) is 6.24. The molecule has 0 radical (unpaired) electrons. The van der Waals surface area contributed by atoms with E-state index in [0.29, 0.717) is 18.3 Å². The molecule has 3 rings (SSSR count). The Hall–Kier alpha value is -1.28. The summed E-state index contributed by atoms with van der Waals surface area (Å²) in [6.45, 7) is 4.52. The summed E-state index contributed by atoms with van der Waals surface area (Å²) < 4.78 is 0. The van der Waals surface area contributed by atoms with E-state index in [2.05, 4.69) is 27.2 Å². The lowest BCUT2D eigenvalue weighted by Crippen LogP contribution is -2.41. The summed E-state index contributed by atoms with van der Waals surface area (Å²) in [6.07, 6.45) is 0.623. The molecule has 0 saturated carbocycles. The average Bonchev–Trinajstić information content (AvgIpc) is 2.90. The molecule has 3 heterocycles. The van der Waals surface area contributed by atoms with Gasteiger partial charge in [-0.1, -0.05) is 6.92 Å². The molecule has 1 fully saturated rings. The number of nitrogens with zero attached hydrogens (tertiary/aromatic N) is 3. The molecule has 20 heavy (non-hydrogen) atoms. The topological polar surface area (TPSA) is 87.3 Å². The lowest BCUT2D eigenvalue weighted by molar-refractivity contribution is 0.0311. The summed E-state index contributed by atoms with van der Waals surface area (Å²) in [6, 6.07) is 1.97. The SMILES string of the molecule is CC1CN(Cc2nc(NN)c3ccsc3n2)CCC1O. The number of piperidine rings is 1. The van der Waals surface area contributed by atoms with Crippen molar-refractivity contribution in [1.82, 2.24) is 14.9 Å². The van der Waals surface area contributed by atoms with E-state index in [0.717, 1.165) is 35.6 Å². The van der Waals surface area contributed by atoms with E-state index in [9.17, 15) is 5.11 Å².